The van der Waals surface area contributed by atoms with Gasteiger partial charge in [-0.3, -0.25) is 4.99 Å². The highest BCUT2D eigenvalue weighted by atomic mass is 127. The molecule has 2 N–H and O–H groups in total. The Hall–Kier alpha value is -2.09. The van der Waals surface area contributed by atoms with Crippen molar-refractivity contribution in [2.45, 2.75) is 32.6 Å². The first-order valence-corrected chi connectivity index (χ1v) is 9.43. The Bertz CT molecular complexity index is 915. The molecule has 0 aliphatic heterocycles. The highest BCUT2D eigenvalue weighted by Crippen LogP contribution is 2.21. The molecule has 2 aromatic heterocycles. The Labute approximate surface area is 184 Å². The molecule has 3 aromatic rings. The molecular formula is C22H30IN5. The predicted octanol–water partition coefficient (Wildman–Crippen LogP) is 3.95. The lowest BCUT2D eigenvalue weighted by molar-refractivity contribution is 0.508. The monoisotopic (exact) mass is 491 g/mol. The van der Waals surface area contributed by atoms with Crippen LogP contribution in [0.3, 0.4) is 0 Å². The topological polar surface area (TPSA) is 53.7 Å². The minimum atomic E-state index is 0. The van der Waals surface area contributed by atoms with Gasteiger partial charge in [-0.1, -0.05) is 50.2 Å². The van der Waals surface area contributed by atoms with E-state index in [0.717, 1.165) is 36.8 Å². The number of nitrogens with one attached hydrogen (secondary N) is 2. The van der Waals surface area contributed by atoms with Gasteiger partial charge < -0.3 is 15.0 Å². The van der Waals surface area contributed by atoms with E-state index in [1.807, 2.05) is 18.3 Å². The van der Waals surface area contributed by atoms with Gasteiger partial charge in [0.1, 0.15) is 5.65 Å². The third-order valence-corrected chi connectivity index (χ3v) is 4.88. The van der Waals surface area contributed by atoms with Crippen LogP contribution in [-0.2, 0) is 11.8 Å². The van der Waals surface area contributed by atoms with Gasteiger partial charge in [0, 0.05) is 44.4 Å². The average Bonchev–Trinajstić information content (AvgIpc) is 3.09. The molecule has 2 heterocycles. The second kappa shape index (κ2) is 9.91. The van der Waals surface area contributed by atoms with Crippen molar-refractivity contribution >= 4 is 35.6 Å². The van der Waals surface area contributed by atoms with E-state index in [-0.39, 0.29) is 29.4 Å². The molecule has 0 spiro atoms. The molecule has 5 nitrogen and oxygen atoms in total. The number of aromatic nitrogens is 2. The third kappa shape index (κ3) is 5.47. The zero-order valence-electron chi connectivity index (χ0n) is 17.1. The van der Waals surface area contributed by atoms with E-state index in [1.165, 1.54) is 11.1 Å². The van der Waals surface area contributed by atoms with E-state index in [2.05, 4.69) is 77.3 Å². The molecule has 0 radical (unpaired) electrons. The van der Waals surface area contributed by atoms with E-state index < -0.39 is 0 Å². The molecule has 0 unspecified atom stereocenters. The minimum absolute atomic E-state index is 0. The number of benzene rings is 1. The van der Waals surface area contributed by atoms with E-state index in [9.17, 15) is 0 Å². The van der Waals surface area contributed by atoms with Crippen molar-refractivity contribution in [1.29, 1.82) is 0 Å². The van der Waals surface area contributed by atoms with Crippen molar-refractivity contribution in [3.05, 3.63) is 71.7 Å². The maximum absolute atomic E-state index is 4.72. The number of pyridine rings is 1. The van der Waals surface area contributed by atoms with Crippen LogP contribution in [0.5, 0.6) is 0 Å². The number of imidazole rings is 1. The number of aryl methyl sites for hydroxylation is 1. The lowest BCUT2D eigenvalue weighted by Gasteiger charge is -2.26. The standard InChI is InChI=1S/C22H29N5.HI/c1-17-9-8-14-27-15-19(26-20(17)27)12-13-24-21(23-4)25-16-22(2,3)18-10-6-5-7-11-18;/h5-11,14-15H,12-13,16H2,1-4H3,(H2,23,24,25);1H. The van der Waals surface area contributed by atoms with Gasteiger partial charge in [0.05, 0.1) is 5.69 Å². The fourth-order valence-corrected chi connectivity index (χ4v) is 3.15. The van der Waals surface area contributed by atoms with Gasteiger partial charge in [-0.15, -0.1) is 24.0 Å². The van der Waals surface area contributed by atoms with E-state index >= 15 is 0 Å². The second-order valence-electron chi connectivity index (χ2n) is 7.51. The number of halogens is 1. The molecule has 3 rings (SSSR count). The number of hydrogen-bond donors (Lipinski definition) is 2. The van der Waals surface area contributed by atoms with Gasteiger partial charge in [0.25, 0.3) is 0 Å². The van der Waals surface area contributed by atoms with E-state index in [1.54, 1.807) is 7.05 Å². The zero-order valence-corrected chi connectivity index (χ0v) is 19.4. The zero-order chi connectivity index (χ0) is 19.3. The van der Waals surface area contributed by atoms with Crippen LogP contribution >= 0.6 is 24.0 Å². The summed E-state index contributed by atoms with van der Waals surface area (Å²) in [5, 5.41) is 6.83. The normalized spacial score (nSPS) is 11.9. The summed E-state index contributed by atoms with van der Waals surface area (Å²) in [4.78, 5) is 9.06. The summed E-state index contributed by atoms with van der Waals surface area (Å²) in [7, 11) is 1.80. The van der Waals surface area contributed by atoms with Crippen molar-refractivity contribution in [2.75, 3.05) is 20.1 Å². The fourth-order valence-electron chi connectivity index (χ4n) is 3.15. The van der Waals surface area contributed by atoms with E-state index in [4.69, 9.17) is 4.98 Å². The summed E-state index contributed by atoms with van der Waals surface area (Å²) in [6, 6.07) is 14.7. The fraction of sp³-hybridized carbons (Fsp3) is 0.364. The smallest absolute Gasteiger partial charge is 0.191 e. The highest BCUT2D eigenvalue weighted by Gasteiger charge is 2.20. The largest absolute Gasteiger partial charge is 0.356 e. The minimum Gasteiger partial charge on any atom is -0.356 e. The molecule has 0 amide bonds. The van der Waals surface area contributed by atoms with Crippen molar-refractivity contribution < 1.29 is 0 Å². The first-order valence-electron chi connectivity index (χ1n) is 9.43. The molecule has 0 fully saturated rings. The molecule has 0 bridgehead atoms. The number of fused-ring (bicyclic) bond motifs is 1. The molecule has 6 heteroatoms. The van der Waals surface area contributed by atoms with Crippen LogP contribution in [0, 0.1) is 6.92 Å². The van der Waals surface area contributed by atoms with Crippen LogP contribution in [0.25, 0.3) is 5.65 Å². The van der Waals surface area contributed by atoms with Crippen LogP contribution in [-0.4, -0.2) is 35.5 Å². The van der Waals surface area contributed by atoms with E-state index in [0.29, 0.717) is 0 Å². The molecule has 0 saturated carbocycles. The third-order valence-electron chi connectivity index (χ3n) is 4.88. The Morgan fingerprint density at radius 2 is 1.86 bits per heavy atom. The maximum atomic E-state index is 4.72. The molecule has 0 aliphatic rings. The van der Waals surface area contributed by atoms with Crippen molar-refractivity contribution in [3.8, 4) is 0 Å². The summed E-state index contributed by atoms with van der Waals surface area (Å²) in [6.45, 7) is 8.16. The van der Waals surface area contributed by atoms with Crippen LogP contribution < -0.4 is 10.6 Å². The van der Waals surface area contributed by atoms with Crippen molar-refractivity contribution in [3.63, 3.8) is 0 Å². The Kier molecular flexibility index (Phi) is 7.86. The molecule has 0 aliphatic carbocycles. The van der Waals surface area contributed by atoms with Crippen LogP contribution in [0.1, 0.15) is 30.7 Å². The Balaban J connectivity index is 0.00000280. The summed E-state index contributed by atoms with van der Waals surface area (Å²) in [5.74, 6) is 0.818. The molecule has 1 aromatic carbocycles. The summed E-state index contributed by atoms with van der Waals surface area (Å²) in [5.41, 5.74) is 4.64. The molecule has 150 valence electrons. The number of hydrogen-bond acceptors (Lipinski definition) is 2. The Morgan fingerprint density at radius 3 is 2.54 bits per heavy atom. The lowest BCUT2D eigenvalue weighted by atomic mass is 9.85. The van der Waals surface area contributed by atoms with Crippen molar-refractivity contribution in [1.82, 2.24) is 20.0 Å². The second-order valence-corrected chi connectivity index (χ2v) is 7.51. The number of aliphatic imine (C=N–C) groups is 1. The molecule has 0 saturated heterocycles. The predicted molar refractivity (Wildman–Crippen MR) is 128 cm³/mol. The molecule has 0 atom stereocenters. The van der Waals surface area contributed by atoms with Gasteiger partial charge in [-0.25, -0.2) is 4.98 Å². The van der Waals surface area contributed by atoms with Gasteiger partial charge in [0.2, 0.25) is 0 Å². The van der Waals surface area contributed by atoms with Gasteiger partial charge >= 0.3 is 0 Å². The number of guanidine groups is 1. The first kappa shape index (κ1) is 22.2. The van der Waals surface area contributed by atoms with Gasteiger partial charge in [-0.05, 0) is 24.1 Å². The molecular weight excluding hydrogens is 461 g/mol. The number of nitrogens with zero attached hydrogens (tertiary/aromatic N) is 3. The Morgan fingerprint density at radius 1 is 1.11 bits per heavy atom. The van der Waals surface area contributed by atoms with Gasteiger partial charge in [0.15, 0.2) is 5.96 Å². The van der Waals surface area contributed by atoms with Crippen molar-refractivity contribution in [2.24, 2.45) is 4.99 Å². The highest BCUT2D eigenvalue weighted by molar-refractivity contribution is 14.0. The number of rotatable bonds is 6. The SMILES string of the molecule is CN=C(NCCc1cn2cccc(C)c2n1)NCC(C)(C)c1ccccc1.I. The van der Waals surface area contributed by atoms with Gasteiger partial charge in [-0.2, -0.15) is 0 Å². The summed E-state index contributed by atoms with van der Waals surface area (Å²) in [6.07, 6.45) is 4.99. The van der Waals surface area contributed by atoms with Crippen LogP contribution in [0.2, 0.25) is 0 Å². The lowest BCUT2D eigenvalue weighted by Crippen LogP contribution is -2.44. The maximum Gasteiger partial charge on any atom is 0.191 e. The summed E-state index contributed by atoms with van der Waals surface area (Å²) < 4.78 is 2.08. The summed E-state index contributed by atoms with van der Waals surface area (Å²) >= 11 is 0. The molecule has 28 heavy (non-hydrogen) atoms. The quantitative estimate of drug-likeness (QED) is 0.312. The first-order chi connectivity index (χ1) is 13.0. The van der Waals surface area contributed by atoms with Crippen LogP contribution in [0.15, 0.2) is 59.9 Å². The average molecular weight is 491 g/mol. The van der Waals surface area contributed by atoms with Crippen LogP contribution in [0.4, 0.5) is 0 Å².